The first-order valence-corrected chi connectivity index (χ1v) is 7.15. The number of hydrogen-bond donors (Lipinski definition) is 1. The number of nitrogens with one attached hydrogen (secondary N) is 1. The average molecular weight is 293 g/mol. The van der Waals surface area contributed by atoms with Crippen LogP contribution in [-0.2, 0) is 6.54 Å². The molecule has 1 saturated carbocycles. The standard InChI is InChI=1S/C13H16Cl3N/c14-11-5-6-12(15)13(16)10(11)8-17-7-9-3-1-2-4-9/h5-6,9,17H,1-4,7-8H2. The summed E-state index contributed by atoms with van der Waals surface area (Å²) >= 11 is 18.2. The lowest BCUT2D eigenvalue weighted by Crippen LogP contribution is -2.21. The SMILES string of the molecule is Clc1ccc(Cl)c(CNCC2CCCC2)c1Cl. The van der Waals surface area contributed by atoms with Gasteiger partial charge in [0.15, 0.2) is 0 Å². The molecule has 0 saturated heterocycles. The van der Waals surface area contributed by atoms with Gasteiger partial charge in [-0.25, -0.2) is 0 Å². The van der Waals surface area contributed by atoms with Gasteiger partial charge in [-0.2, -0.15) is 0 Å². The highest BCUT2D eigenvalue weighted by molar-refractivity contribution is 6.44. The lowest BCUT2D eigenvalue weighted by molar-refractivity contribution is 0.489. The first-order chi connectivity index (χ1) is 8.18. The molecule has 0 amide bonds. The van der Waals surface area contributed by atoms with Crippen LogP contribution in [0.25, 0.3) is 0 Å². The van der Waals surface area contributed by atoms with Crippen LogP contribution in [0.15, 0.2) is 12.1 Å². The summed E-state index contributed by atoms with van der Waals surface area (Å²) in [6.45, 7) is 1.73. The summed E-state index contributed by atoms with van der Waals surface area (Å²) in [5.41, 5.74) is 0.902. The molecule has 0 bridgehead atoms. The first-order valence-electron chi connectivity index (χ1n) is 6.01. The molecule has 0 heterocycles. The van der Waals surface area contributed by atoms with Crippen LogP contribution < -0.4 is 5.32 Å². The van der Waals surface area contributed by atoms with E-state index >= 15 is 0 Å². The van der Waals surface area contributed by atoms with E-state index in [2.05, 4.69) is 5.32 Å². The van der Waals surface area contributed by atoms with Gasteiger partial charge in [0.05, 0.1) is 10.0 Å². The molecule has 0 aromatic heterocycles. The Morgan fingerprint density at radius 3 is 2.41 bits per heavy atom. The van der Waals surface area contributed by atoms with Crippen molar-refractivity contribution in [3.05, 3.63) is 32.8 Å². The van der Waals surface area contributed by atoms with Crippen molar-refractivity contribution >= 4 is 34.8 Å². The van der Waals surface area contributed by atoms with Crippen molar-refractivity contribution in [2.24, 2.45) is 5.92 Å². The van der Waals surface area contributed by atoms with E-state index in [1.807, 2.05) is 0 Å². The molecule has 1 aliphatic rings. The number of rotatable bonds is 4. The summed E-state index contributed by atoms with van der Waals surface area (Å²) in [5.74, 6) is 0.812. The maximum atomic E-state index is 6.14. The van der Waals surface area contributed by atoms with Gasteiger partial charge < -0.3 is 5.32 Å². The summed E-state index contributed by atoms with van der Waals surface area (Å²) in [6, 6.07) is 3.52. The molecule has 2 rings (SSSR count). The molecule has 4 heteroatoms. The Bertz CT molecular complexity index is 386. The molecule has 1 aromatic carbocycles. The Morgan fingerprint density at radius 2 is 1.71 bits per heavy atom. The molecular weight excluding hydrogens is 277 g/mol. The topological polar surface area (TPSA) is 12.0 Å². The molecule has 94 valence electrons. The first kappa shape index (κ1) is 13.5. The van der Waals surface area contributed by atoms with Crippen LogP contribution in [-0.4, -0.2) is 6.54 Å². The minimum Gasteiger partial charge on any atom is -0.312 e. The van der Waals surface area contributed by atoms with Crippen LogP contribution in [0.2, 0.25) is 15.1 Å². The molecule has 0 aliphatic heterocycles. The van der Waals surface area contributed by atoms with Gasteiger partial charge in [-0.1, -0.05) is 47.6 Å². The van der Waals surface area contributed by atoms with Crippen molar-refractivity contribution in [3.8, 4) is 0 Å². The van der Waals surface area contributed by atoms with Gasteiger partial charge >= 0.3 is 0 Å². The van der Waals surface area contributed by atoms with Crippen LogP contribution in [0.3, 0.4) is 0 Å². The molecule has 1 nitrogen and oxygen atoms in total. The number of hydrogen-bond acceptors (Lipinski definition) is 1. The van der Waals surface area contributed by atoms with Crippen LogP contribution >= 0.6 is 34.8 Å². The monoisotopic (exact) mass is 291 g/mol. The molecular formula is C13H16Cl3N. The van der Waals surface area contributed by atoms with Gasteiger partial charge in [0.2, 0.25) is 0 Å². The summed E-state index contributed by atoms with van der Waals surface area (Å²) in [5, 5.41) is 5.24. The maximum absolute atomic E-state index is 6.14. The van der Waals surface area contributed by atoms with Crippen molar-refractivity contribution in [2.45, 2.75) is 32.2 Å². The largest absolute Gasteiger partial charge is 0.312 e. The lowest BCUT2D eigenvalue weighted by Gasteiger charge is -2.13. The number of benzene rings is 1. The molecule has 1 aromatic rings. The zero-order valence-electron chi connectivity index (χ0n) is 9.61. The van der Waals surface area contributed by atoms with Crippen molar-refractivity contribution in [2.75, 3.05) is 6.54 Å². The van der Waals surface area contributed by atoms with E-state index in [1.165, 1.54) is 25.7 Å². The fourth-order valence-electron chi connectivity index (χ4n) is 2.35. The van der Waals surface area contributed by atoms with E-state index in [0.717, 1.165) is 18.0 Å². The molecule has 1 N–H and O–H groups in total. The van der Waals surface area contributed by atoms with E-state index in [1.54, 1.807) is 12.1 Å². The number of halogens is 3. The quantitative estimate of drug-likeness (QED) is 0.776. The molecule has 0 unspecified atom stereocenters. The fourth-order valence-corrected chi connectivity index (χ4v) is 3.03. The highest BCUT2D eigenvalue weighted by Gasteiger charge is 2.15. The summed E-state index contributed by atoms with van der Waals surface area (Å²) in [7, 11) is 0. The van der Waals surface area contributed by atoms with Gasteiger partial charge in [-0.05, 0) is 37.4 Å². The van der Waals surface area contributed by atoms with Gasteiger partial charge in [-0.15, -0.1) is 0 Å². The van der Waals surface area contributed by atoms with E-state index in [0.29, 0.717) is 21.6 Å². The van der Waals surface area contributed by atoms with E-state index in [-0.39, 0.29) is 0 Å². The predicted octanol–water partition coefficient (Wildman–Crippen LogP) is 4.93. The van der Waals surface area contributed by atoms with E-state index in [9.17, 15) is 0 Å². The fraction of sp³-hybridized carbons (Fsp3) is 0.538. The molecule has 1 fully saturated rings. The van der Waals surface area contributed by atoms with Crippen LogP contribution in [0.4, 0.5) is 0 Å². The molecule has 0 spiro atoms. The third kappa shape index (κ3) is 3.51. The van der Waals surface area contributed by atoms with Crippen molar-refractivity contribution in [1.29, 1.82) is 0 Å². The Labute approximate surface area is 117 Å². The summed E-state index contributed by atoms with van der Waals surface area (Å²) < 4.78 is 0. The Kier molecular flexibility index (Phi) is 4.98. The molecule has 0 atom stereocenters. The second kappa shape index (κ2) is 6.29. The second-order valence-electron chi connectivity index (χ2n) is 4.60. The Hall–Kier alpha value is 0.0500. The van der Waals surface area contributed by atoms with Gasteiger partial charge in [0.25, 0.3) is 0 Å². The lowest BCUT2D eigenvalue weighted by atomic mass is 10.1. The molecule has 0 radical (unpaired) electrons. The van der Waals surface area contributed by atoms with Crippen LogP contribution in [0.1, 0.15) is 31.2 Å². The third-order valence-corrected chi connectivity index (χ3v) is 4.55. The Morgan fingerprint density at radius 1 is 1.06 bits per heavy atom. The predicted molar refractivity (Wildman–Crippen MR) is 75.1 cm³/mol. The maximum Gasteiger partial charge on any atom is 0.0652 e. The summed E-state index contributed by atoms with van der Waals surface area (Å²) in [4.78, 5) is 0. The van der Waals surface area contributed by atoms with Crippen LogP contribution in [0.5, 0.6) is 0 Å². The summed E-state index contributed by atoms with van der Waals surface area (Å²) in [6.07, 6.45) is 5.41. The third-order valence-electron chi connectivity index (χ3n) is 3.35. The minimum atomic E-state index is 0.564. The van der Waals surface area contributed by atoms with Gasteiger partial charge in [-0.3, -0.25) is 0 Å². The van der Waals surface area contributed by atoms with E-state index in [4.69, 9.17) is 34.8 Å². The zero-order valence-corrected chi connectivity index (χ0v) is 11.9. The normalized spacial score (nSPS) is 16.6. The zero-order chi connectivity index (χ0) is 12.3. The minimum absolute atomic E-state index is 0.564. The Balaban J connectivity index is 1.91. The van der Waals surface area contributed by atoms with Crippen molar-refractivity contribution in [1.82, 2.24) is 5.32 Å². The van der Waals surface area contributed by atoms with Crippen LogP contribution in [0, 0.1) is 5.92 Å². The highest BCUT2D eigenvalue weighted by Crippen LogP contribution is 2.31. The van der Waals surface area contributed by atoms with Gasteiger partial charge in [0.1, 0.15) is 0 Å². The highest BCUT2D eigenvalue weighted by atomic mass is 35.5. The second-order valence-corrected chi connectivity index (χ2v) is 5.80. The van der Waals surface area contributed by atoms with Crippen molar-refractivity contribution in [3.63, 3.8) is 0 Å². The molecule has 1 aliphatic carbocycles. The smallest absolute Gasteiger partial charge is 0.0652 e. The van der Waals surface area contributed by atoms with Gasteiger partial charge in [0, 0.05) is 17.1 Å². The average Bonchev–Trinajstić information content (AvgIpc) is 2.81. The molecule has 17 heavy (non-hydrogen) atoms. The van der Waals surface area contributed by atoms with E-state index < -0.39 is 0 Å². The van der Waals surface area contributed by atoms with Crippen molar-refractivity contribution < 1.29 is 0 Å².